The van der Waals surface area contributed by atoms with Crippen molar-refractivity contribution in [2.75, 3.05) is 6.61 Å². The Bertz CT molecular complexity index is 223. The SMILES string of the molecule is CC(=O)C[C@@]1(C)CCO[C@@H](CC(C)C)C1. The molecule has 15 heavy (non-hydrogen) atoms. The van der Waals surface area contributed by atoms with Gasteiger partial charge in [0.15, 0.2) is 0 Å². The van der Waals surface area contributed by atoms with Crippen LogP contribution in [0.2, 0.25) is 0 Å². The average Bonchev–Trinajstić information content (AvgIpc) is 1.99. The maximum Gasteiger partial charge on any atom is 0.130 e. The number of ether oxygens (including phenoxy) is 1. The molecule has 0 bridgehead atoms. The van der Waals surface area contributed by atoms with Gasteiger partial charge in [0.05, 0.1) is 6.10 Å². The molecule has 0 aromatic heterocycles. The molecule has 2 atom stereocenters. The maximum absolute atomic E-state index is 11.2. The number of hydrogen-bond acceptors (Lipinski definition) is 2. The van der Waals surface area contributed by atoms with E-state index in [9.17, 15) is 4.79 Å². The third kappa shape index (κ3) is 4.33. The molecule has 1 aliphatic rings. The Morgan fingerprint density at radius 2 is 2.20 bits per heavy atom. The van der Waals surface area contributed by atoms with E-state index in [1.165, 1.54) is 0 Å². The zero-order chi connectivity index (χ0) is 11.5. The molecular formula is C13H24O2. The van der Waals surface area contributed by atoms with Crippen molar-refractivity contribution in [3.8, 4) is 0 Å². The molecule has 1 rings (SSSR count). The van der Waals surface area contributed by atoms with E-state index in [-0.39, 0.29) is 5.41 Å². The lowest BCUT2D eigenvalue weighted by Crippen LogP contribution is -2.35. The minimum absolute atomic E-state index is 0.184. The standard InChI is InChI=1S/C13H24O2/c1-10(2)7-12-9-13(4,5-6-15-12)8-11(3)14/h10,12H,5-9H2,1-4H3/t12-,13+/m0/s1. The van der Waals surface area contributed by atoms with Gasteiger partial charge in [0, 0.05) is 13.0 Å². The predicted octanol–water partition coefficient (Wildman–Crippen LogP) is 3.20. The van der Waals surface area contributed by atoms with Crippen LogP contribution in [0.25, 0.3) is 0 Å². The number of rotatable bonds is 4. The van der Waals surface area contributed by atoms with Crippen molar-refractivity contribution >= 4 is 5.78 Å². The minimum Gasteiger partial charge on any atom is -0.378 e. The molecule has 88 valence electrons. The summed E-state index contributed by atoms with van der Waals surface area (Å²) in [4.78, 5) is 11.2. The first-order chi connectivity index (χ1) is 6.91. The molecule has 0 saturated carbocycles. The predicted molar refractivity (Wildman–Crippen MR) is 61.8 cm³/mol. The van der Waals surface area contributed by atoms with Gasteiger partial charge in [-0.3, -0.25) is 0 Å². The summed E-state index contributed by atoms with van der Waals surface area (Å²) in [6, 6.07) is 0. The molecular weight excluding hydrogens is 188 g/mol. The van der Waals surface area contributed by atoms with Gasteiger partial charge in [-0.15, -0.1) is 0 Å². The van der Waals surface area contributed by atoms with Crippen LogP contribution in [0.1, 0.15) is 53.4 Å². The van der Waals surface area contributed by atoms with E-state index in [1.54, 1.807) is 6.92 Å². The van der Waals surface area contributed by atoms with Gasteiger partial charge in [-0.25, -0.2) is 0 Å². The third-order valence-electron chi connectivity index (χ3n) is 3.19. The van der Waals surface area contributed by atoms with Crippen molar-refractivity contribution in [3.63, 3.8) is 0 Å². The van der Waals surface area contributed by atoms with Crippen LogP contribution < -0.4 is 0 Å². The van der Waals surface area contributed by atoms with E-state index in [2.05, 4.69) is 20.8 Å². The summed E-state index contributed by atoms with van der Waals surface area (Å²) in [5.41, 5.74) is 0.184. The van der Waals surface area contributed by atoms with E-state index >= 15 is 0 Å². The fraction of sp³-hybridized carbons (Fsp3) is 0.923. The van der Waals surface area contributed by atoms with Crippen molar-refractivity contribution in [1.29, 1.82) is 0 Å². The highest BCUT2D eigenvalue weighted by Gasteiger charge is 2.33. The van der Waals surface area contributed by atoms with Gasteiger partial charge in [0.2, 0.25) is 0 Å². The number of hydrogen-bond donors (Lipinski definition) is 0. The van der Waals surface area contributed by atoms with Crippen LogP contribution in [0.5, 0.6) is 0 Å². The van der Waals surface area contributed by atoms with Gasteiger partial charge in [0.1, 0.15) is 5.78 Å². The summed E-state index contributed by atoms with van der Waals surface area (Å²) in [6.45, 7) is 9.18. The maximum atomic E-state index is 11.2. The van der Waals surface area contributed by atoms with Crippen molar-refractivity contribution in [2.24, 2.45) is 11.3 Å². The molecule has 0 spiro atoms. The molecule has 2 heteroatoms. The number of ketones is 1. The lowest BCUT2D eigenvalue weighted by atomic mass is 9.75. The monoisotopic (exact) mass is 212 g/mol. The van der Waals surface area contributed by atoms with Crippen molar-refractivity contribution < 1.29 is 9.53 Å². The molecule has 1 heterocycles. The molecule has 0 aromatic rings. The van der Waals surface area contributed by atoms with Crippen molar-refractivity contribution in [1.82, 2.24) is 0 Å². The van der Waals surface area contributed by atoms with Crippen LogP contribution in [0.4, 0.5) is 0 Å². The van der Waals surface area contributed by atoms with Gasteiger partial charge in [-0.05, 0) is 37.5 Å². The summed E-state index contributed by atoms with van der Waals surface area (Å²) in [5, 5.41) is 0. The lowest BCUT2D eigenvalue weighted by Gasteiger charge is -2.38. The highest BCUT2D eigenvalue weighted by Crippen LogP contribution is 2.38. The number of carbonyl (C=O) groups is 1. The molecule has 1 saturated heterocycles. The molecule has 0 aliphatic carbocycles. The summed E-state index contributed by atoms with van der Waals surface area (Å²) in [6.07, 6.45) is 4.27. The smallest absolute Gasteiger partial charge is 0.130 e. The van der Waals surface area contributed by atoms with Gasteiger partial charge < -0.3 is 9.53 Å². The molecule has 0 N–H and O–H groups in total. The first kappa shape index (κ1) is 12.7. The van der Waals surface area contributed by atoms with Crippen LogP contribution in [-0.4, -0.2) is 18.5 Å². The van der Waals surface area contributed by atoms with Crippen LogP contribution in [-0.2, 0) is 9.53 Å². The fourth-order valence-corrected chi connectivity index (χ4v) is 2.62. The molecule has 0 radical (unpaired) electrons. The zero-order valence-corrected chi connectivity index (χ0v) is 10.5. The molecule has 2 nitrogen and oxygen atoms in total. The molecule has 1 aliphatic heterocycles. The summed E-state index contributed by atoms with van der Waals surface area (Å²) >= 11 is 0. The fourth-order valence-electron chi connectivity index (χ4n) is 2.62. The first-order valence-electron chi connectivity index (χ1n) is 6.02. The quantitative estimate of drug-likeness (QED) is 0.715. The zero-order valence-electron chi connectivity index (χ0n) is 10.5. The molecule has 0 aromatic carbocycles. The third-order valence-corrected chi connectivity index (χ3v) is 3.19. The van der Waals surface area contributed by atoms with Crippen LogP contribution in [0.15, 0.2) is 0 Å². The van der Waals surface area contributed by atoms with Gasteiger partial charge in [-0.2, -0.15) is 0 Å². The summed E-state index contributed by atoms with van der Waals surface area (Å²) in [5.74, 6) is 0.984. The lowest BCUT2D eigenvalue weighted by molar-refractivity contribution is -0.122. The average molecular weight is 212 g/mol. The first-order valence-corrected chi connectivity index (χ1v) is 6.02. The Morgan fingerprint density at radius 1 is 1.53 bits per heavy atom. The van der Waals surface area contributed by atoms with Gasteiger partial charge in [0.25, 0.3) is 0 Å². The summed E-state index contributed by atoms with van der Waals surface area (Å²) < 4.78 is 5.75. The Balaban J connectivity index is 2.50. The van der Waals surface area contributed by atoms with E-state index < -0.39 is 0 Å². The van der Waals surface area contributed by atoms with Crippen molar-refractivity contribution in [2.45, 2.75) is 59.5 Å². The van der Waals surface area contributed by atoms with Gasteiger partial charge >= 0.3 is 0 Å². The van der Waals surface area contributed by atoms with Crippen LogP contribution in [0.3, 0.4) is 0 Å². The molecule has 0 amide bonds. The van der Waals surface area contributed by atoms with E-state index in [4.69, 9.17) is 4.74 Å². The Labute approximate surface area is 93.4 Å². The largest absolute Gasteiger partial charge is 0.378 e. The summed E-state index contributed by atoms with van der Waals surface area (Å²) in [7, 11) is 0. The second-order valence-corrected chi connectivity index (χ2v) is 5.77. The Morgan fingerprint density at radius 3 is 2.73 bits per heavy atom. The highest BCUT2D eigenvalue weighted by molar-refractivity contribution is 5.76. The van der Waals surface area contributed by atoms with E-state index in [0.29, 0.717) is 24.2 Å². The second-order valence-electron chi connectivity index (χ2n) is 5.77. The highest BCUT2D eigenvalue weighted by atomic mass is 16.5. The minimum atomic E-state index is 0.184. The molecule has 1 fully saturated rings. The number of carbonyl (C=O) groups excluding carboxylic acids is 1. The van der Waals surface area contributed by atoms with Crippen molar-refractivity contribution in [3.05, 3.63) is 0 Å². The van der Waals surface area contributed by atoms with Gasteiger partial charge in [-0.1, -0.05) is 20.8 Å². The number of Topliss-reactive ketones (excluding diaryl/α,β-unsaturated/α-hetero) is 1. The van der Waals surface area contributed by atoms with E-state index in [1.807, 2.05) is 0 Å². The van der Waals surface area contributed by atoms with Crippen LogP contribution >= 0.6 is 0 Å². The Kier molecular flexibility index (Phi) is 4.32. The molecule has 0 unspecified atom stereocenters. The second kappa shape index (κ2) is 5.11. The topological polar surface area (TPSA) is 26.3 Å². The van der Waals surface area contributed by atoms with E-state index in [0.717, 1.165) is 25.9 Å². The Hall–Kier alpha value is -0.370. The van der Waals surface area contributed by atoms with Crippen LogP contribution in [0, 0.1) is 11.3 Å². The normalized spacial score (nSPS) is 31.9.